The Labute approximate surface area is 248 Å². The Morgan fingerprint density at radius 1 is 0.676 bits per heavy atom. The van der Waals surface area contributed by atoms with E-state index in [1.54, 1.807) is 6.07 Å². The fourth-order valence-electron chi connectivity index (χ4n) is 4.56. The molecule has 4 nitrogen and oxygen atoms in total. The summed E-state index contributed by atoms with van der Waals surface area (Å²) in [7, 11) is -4.43. The molecule has 0 saturated heterocycles. The third kappa shape index (κ3) is 12.9. The Morgan fingerprint density at radius 2 is 1.18 bits per heavy atom. The van der Waals surface area contributed by atoms with Crippen LogP contribution in [-0.4, -0.2) is 67.3 Å². The molecular formula is C28H44BaO4S. The maximum absolute atomic E-state index is 11.5. The van der Waals surface area contributed by atoms with Gasteiger partial charge in [0, 0.05) is 0 Å². The van der Waals surface area contributed by atoms with Crippen LogP contribution in [-0.2, 0) is 23.0 Å². The number of hydrogen-bond acceptors (Lipinski definition) is 4. The molecule has 0 radical (unpaired) electrons. The van der Waals surface area contributed by atoms with Gasteiger partial charge in [0.1, 0.15) is 10.1 Å². The summed E-state index contributed by atoms with van der Waals surface area (Å²) in [6.07, 6.45) is 19.9. The molecule has 0 aliphatic heterocycles. The molecule has 34 heavy (non-hydrogen) atoms. The van der Waals surface area contributed by atoms with Gasteiger partial charge in [0.15, 0.2) is 0 Å². The van der Waals surface area contributed by atoms with E-state index >= 15 is 0 Å². The second kappa shape index (κ2) is 19.3. The Kier molecular flexibility index (Phi) is 19.4. The Balaban J connectivity index is 0.00000544. The van der Waals surface area contributed by atoms with Gasteiger partial charge >= 0.3 is 48.9 Å². The van der Waals surface area contributed by atoms with Gasteiger partial charge in [0.2, 0.25) is 0 Å². The van der Waals surface area contributed by atoms with Crippen LogP contribution in [0.2, 0.25) is 0 Å². The number of benzene rings is 2. The van der Waals surface area contributed by atoms with Crippen LogP contribution in [0, 0.1) is 0 Å². The molecule has 0 atom stereocenters. The average Bonchev–Trinajstić information content (AvgIpc) is 2.76. The fourth-order valence-corrected chi connectivity index (χ4v) is 5.07. The molecular weight excluding hydrogens is 570 g/mol. The van der Waals surface area contributed by atoms with Crippen LogP contribution in [0.25, 0.3) is 10.8 Å². The molecule has 2 aromatic rings. The number of rotatable bonds is 17. The molecule has 1 N–H and O–H groups in total. The topological polar surface area (TPSA) is 87.2 Å². The van der Waals surface area contributed by atoms with Crippen molar-refractivity contribution in [3.8, 4) is 0 Å². The molecule has 0 aliphatic rings. The van der Waals surface area contributed by atoms with Crippen LogP contribution >= 0.6 is 0 Å². The van der Waals surface area contributed by atoms with E-state index < -0.39 is 10.1 Å². The standard InChI is InChI=1S/C28H44O3S.Ba.H2O/c1-3-5-7-9-11-13-15-17-24-21-25(18-16-14-12-10-8-6-4-2)28-20-19-27(32(29,30)31)23-26(28)22-24;;/h19-23H,3-18H2,1-2H3,(H,29,30,31);;1H2/q;+2;/p-2. The van der Waals surface area contributed by atoms with Gasteiger partial charge in [0.25, 0.3) is 0 Å². The third-order valence-electron chi connectivity index (χ3n) is 6.48. The minimum Gasteiger partial charge on any atom is -0.870 e. The Hall–Kier alpha value is 0.141. The maximum Gasteiger partial charge on any atom is 2.00 e. The molecule has 0 spiro atoms. The molecule has 0 amide bonds. The van der Waals surface area contributed by atoms with E-state index in [9.17, 15) is 13.0 Å². The van der Waals surface area contributed by atoms with Crippen LogP contribution in [0.3, 0.4) is 0 Å². The molecule has 0 saturated carbocycles. The zero-order valence-electron chi connectivity index (χ0n) is 21.5. The predicted octanol–water partition coefficient (Wildman–Crippen LogP) is 7.77. The molecule has 0 fully saturated rings. The summed E-state index contributed by atoms with van der Waals surface area (Å²) in [6, 6.07) is 9.28. The predicted molar refractivity (Wildman–Crippen MR) is 143 cm³/mol. The molecule has 0 heterocycles. The zero-order chi connectivity index (χ0) is 23.2. The van der Waals surface area contributed by atoms with E-state index in [4.69, 9.17) is 0 Å². The van der Waals surface area contributed by atoms with Crippen LogP contribution in [0.15, 0.2) is 35.2 Å². The smallest absolute Gasteiger partial charge is 0.870 e. The molecule has 0 bridgehead atoms. The van der Waals surface area contributed by atoms with E-state index in [0.29, 0.717) is 0 Å². The molecule has 6 heteroatoms. The first-order valence-corrected chi connectivity index (χ1v) is 14.4. The first-order valence-electron chi connectivity index (χ1n) is 13.0. The fraction of sp³-hybridized carbons (Fsp3) is 0.643. The van der Waals surface area contributed by atoms with Crippen LogP contribution in [0.4, 0.5) is 0 Å². The van der Waals surface area contributed by atoms with E-state index in [-0.39, 0.29) is 59.3 Å². The third-order valence-corrected chi connectivity index (χ3v) is 7.31. The second-order valence-corrected chi connectivity index (χ2v) is 10.7. The normalized spacial score (nSPS) is 11.3. The number of fused-ring (bicyclic) bond motifs is 1. The molecule has 188 valence electrons. The Bertz CT molecular complexity index is 912. The van der Waals surface area contributed by atoms with E-state index in [0.717, 1.165) is 36.5 Å². The van der Waals surface area contributed by atoms with Crippen molar-refractivity contribution < 1.29 is 18.4 Å². The number of hydrogen-bond donors (Lipinski definition) is 0. The maximum atomic E-state index is 11.5. The van der Waals surface area contributed by atoms with E-state index in [2.05, 4.69) is 26.0 Å². The van der Waals surface area contributed by atoms with Crippen LogP contribution in [0.5, 0.6) is 0 Å². The quantitative estimate of drug-likeness (QED) is 0.104. The summed E-state index contributed by atoms with van der Waals surface area (Å²) in [5.41, 5.74) is 2.56. The van der Waals surface area contributed by atoms with E-state index in [1.165, 1.54) is 94.2 Å². The van der Waals surface area contributed by atoms with Crippen molar-refractivity contribution in [2.75, 3.05) is 0 Å². The van der Waals surface area contributed by atoms with Gasteiger partial charge in [-0.1, -0.05) is 109 Å². The van der Waals surface area contributed by atoms with Gasteiger partial charge in [-0.25, -0.2) is 8.42 Å². The molecule has 0 aliphatic carbocycles. The van der Waals surface area contributed by atoms with Gasteiger partial charge in [-0.2, -0.15) is 0 Å². The summed E-state index contributed by atoms with van der Waals surface area (Å²) >= 11 is 0. The monoisotopic (exact) mass is 614 g/mol. The first kappa shape index (κ1) is 34.1. The molecule has 2 aromatic carbocycles. The summed E-state index contributed by atoms with van der Waals surface area (Å²) in [4.78, 5) is -0.125. The van der Waals surface area contributed by atoms with E-state index in [1.807, 2.05) is 6.07 Å². The van der Waals surface area contributed by atoms with Crippen molar-refractivity contribution in [3.05, 3.63) is 41.5 Å². The van der Waals surface area contributed by atoms with Crippen molar-refractivity contribution in [2.45, 2.75) is 121 Å². The zero-order valence-corrected chi connectivity index (χ0v) is 26.7. The van der Waals surface area contributed by atoms with Gasteiger partial charge in [-0.15, -0.1) is 0 Å². The molecule has 2 rings (SSSR count). The summed E-state index contributed by atoms with van der Waals surface area (Å²) in [6.45, 7) is 4.49. The Morgan fingerprint density at radius 3 is 1.71 bits per heavy atom. The van der Waals surface area contributed by atoms with Crippen molar-refractivity contribution in [1.29, 1.82) is 0 Å². The number of aryl methyl sites for hydroxylation is 2. The van der Waals surface area contributed by atoms with Crippen molar-refractivity contribution in [1.82, 2.24) is 0 Å². The van der Waals surface area contributed by atoms with Gasteiger partial charge in [-0.05, 0) is 59.7 Å². The SMILES string of the molecule is CCCCCCCCCc1cc(CCCCCCCCC)c2ccc(S(=O)(=O)[O-])cc2c1.[Ba+2].[OH-]. The van der Waals surface area contributed by atoms with Gasteiger partial charge in [-0.3, -0.25) is 0 Å². The minimum absolute atomic E-state index is 0. The number of unbranched alkanes of at least 4 members (excludes halogenated alkanes) is 12. The molecule has 0 aromatic heterocycles. The summed E-state index contributed by atoms with van der Waals surface area (Å²) in [5.74, 6) is 0. The largest absolute Gasteiger partial charge is 2.00 e. The summed E-state index contributed by atoms with van der Waals surface area (Å²) < 4.78 is 34.6. The first-order chi connectivity index (χ1) is 15.5. The molecule has 0 unspecified atom stereocenters. The van der Waals surface area contributed by atoms with Crippen LogP contribution < -0.4 is 0 Å². The van der Waals surface area contributed by atoms with Gasteiger partial charge in [0.05, 0.1) is 4.90 Å². The van der Waals surface area contributed by atoms with Crippen molar-refractivity contribution in [2.24, 2.45) is 0 Å². The van der Waals surface area contributed by atoms with Crippen molar-refractivity contribution in [3.63, 3.8) is 0 Å². The summed E-state index contributed by atoms with van der Waals surface area (Å²) in [5, 5.41) is 1.98. The minimum atomic E-state index is -4.43. The van der Waals surface area contributed by atoms with Crippen molar-refractivity contribution >= 4 is 69.8 Å². The average molecular weight is 614 g/mol. The van der Waals surface area contributed by atoms with Gasteiger partial charge < -0.3 is 10.0 Å². The van der Waals surface area contributed by atoms with Crippen LogP contribution in [0.1, 0.15) is 115 Å². The second-order valence-electron chi connectivity index (χ2n) is 9.33.